The second-order valence-corrected chi connectivity index (χ2v) is 7.42. The second kappa shape index (κ2) is 11.2. The zero-order chi connectivity index (χ0) is 23.0. The van der Waals surface area contributed by atoms with E-state index >= 15 is 0 Å². The van der Waals surface area contributed by atoms with Crippen LogP contribution >= 0.6 is 0 Å². The Morgan fingerprint density at radius 1 is 0.968 bits per heavy atom. The minimum atomic E-state index is -0.264. The third-order valence-electron chi connectivity index (χ3n) is 4.68. The predicted octanol–water partition coefficient (Wildman–Crippen LogP) is 4.52. The predicted molar refractivity (Wildman–Crippen MR) is 125 cm³/mol. The molecule has 2 amide bonds. The maximum Gasteiger partial charge on any atom is 0.246 e. The summed E-state index contributed by atoms with van der Waals surface area (Å²) in [6.45, 7) is 10.8. The third kappa shape index (κ3) is 6.88. The fraction of sp³-hybridized carbons (Fsp3) is 0.360. The summed E-state index contributed by atoms with van der Waals surface area (Å²) in [5, 5.41) is 2.92. The Hall–Kier alpha value is -3.28. The van der Waals surface area contributed by atoms with Gasteiger partial charge in [0, 0.05) is 18.8 Å². The highest BCUT2D eigenvalue weighted by Gasteiger charge is 2.13. The van der Waals surface area contributed by atoms with Gasteiger partial charge in [0.15, 0.2) is 11.5 Å². The summed E-state index contributed by atoms with van der Waals surface area (Å²) in [6, 6.07) is 9.55. The van der Waals surface area contributed by atoms with Gasteiger partial charge in [-0.15, -0.1) is 0 Å². The Balaban J connectivity index is 2.01. The van der Waals surface area contributed by atoms with E-state index in [0.29, 0.717) is 24.7 Å². The fourth-order valence-corrected chi connectivity index (χ4v) is 3.32. The van der Waals surface area contributed by atoms with E-state index in [4.69, 9.17) is 9.47 Å². The van der Waals surface area contributed by atoms with Crippen molar-refractivity contribution in [1.82, 2.24) is 4.90 Å². The van der Waals surface area contributed by atoms with Gasteiger partial charge in [0.05, 0.1) is 19.8 Å². The molecule has 1 N–H and O–H groups in total. The molecule has 0 spiro atoms. The van der Waals surface area contributed by atoms with E-state index in [0.717, 1.165) is 27.9 Å². The minimum Gasteiger partial charge on any atom is -0.490 e. The minimum absolute atomic E-state index is 0.0383. The number of carbonyl (C=O) groups excluding carboxylic acids is 2. The summed E-state index contributed by atoms with van der Waals surface area (Å²) in [6.07, 6.45) is 3.14. The van der Waals surface area contributed by atoms with Crippen LogP contribution in [0.25, 0.3) is 6.08 Å². The zero-order valence-corrected chi connectivity index (χ0v) is 19.2. The summed E-state index contributed by atoms with van der Waals surface area (Å²) in [5.41, 5.74) is 4.75. The van der Waals surface area contributed by atoms with E-state index in [1.54, 1.807) is 13.1 Å². The lowest BCUT2D eigenvalue weighted by Crippen LogP contribution is -2.34. The van der Waals surface area contributed by atoms with Gasteiger partial charge < -0.3 is 19.7 Å². The molecule has 31 heavy (non-hydrogen) atoms. The van der Waals surface area contributed by atoms with Crippen LogP contribution in [0.1, 0.15) is 36.1 Å². The standard InChI is InChI=1S/C25H32N2O4/c1-7-30-21-11-9-20(15-22(21)31-8-2)10-12-24(29)27(6)16-23(28)26-25-18(4)13-17(3)14-19(25)5/h9-15H,7-8,16H2,1-6H3,(H,26,28)/b12-10+. The van der Waals surface area contributed by atoms with E-state index < -0.39 is 0 Å². The van der Waals surface area contributed by atoms with Crippen molar-refractivity contribution < 1.29 is 19.1 Å². The quantitative estimate of drug-likeness (QED) is 0.601. The molecular formula is C25H32N2O4. The third-order valence-corrected chi connectivity index (χ3v) is 4.68. The van der Waals surface area contributed by atoms with Crippen LogP contribution in [0.5, 0.6) is 11.5 Å². The molecule has 6 heteroatoms. The van der Waals surface area contributed by atoms with Gasteiger partial charge in [-0.25, -0.2) is 0 Å². The lowest BCUT2D eigenvalue weighted by Gasteiger charge is -2.17. The van der Waals surface area contributed by atoms with Crippen molar-refractivity contribution in [3.8, 4) is 11.5 Å². The first-order valence-electron chi connectivity index (χ1n) is 10.5. The highest BCUT2D eigenvalue weighted by atomic mass is 16.5. The van der Waals surface area contributed by atoms with Crippen molar-refractivity contribution in [2.24, 2.45) is 0 Å². The number of benzene rings is 2. The molecule has 2 rings (SSSR count). The van der Waals surface area contributed by atoms with Gasteiger partial charge in [-0.3, -0.25) is 9.59 Å². The molecule has 0 aromatic heterocycles. The average Bonchev–Trinajstić information content (AvgIpc) is 2.70. The topological polar surface area (TPSA) is 67.9 Å². The Bertz CT molecular complexity index is 943. The van der Waals surface area contributed by atoms with E-state index in [1.807, 2.05) is 65.0 Å². The maximum absolute atomic E-state index is 12.5. The monoisotopic (exact) mass is 424 g/mol. The van der Waals surface area contributed by atoms with Crippen LogP contribution in [0.2, 0.25) is 0 Å². The number of aryl methyl sites for hydroxylation is 3. The number of rotatable bonds is 9. The normalized spacial score (nSPS) is 10.8. The molecule has 0 aliphatic heterocycles. The van der Waals surface area contributed by atoms with Crippen molar-refractivity contribution in [3.05, 3.63) is 58.7 Å². The molecule has 0 unspecified atom stereocenters. The van der Waals surface area contributed by atoms with Crippen molar-refractivity contribution in [2.45, 2.75) is 34.6 Å². The van der Waals surface area contributed by atoms with Gasteiger partial charge in [0.1, 0.15) is 0 Å². The number of amides is 2. The molecule has 0 saturated heterocycles. The van der Waals surface area contributed by atoms with E-state index in [-0.39, 0.29) is 18.4 Å². The lowest BCUT2D eigenvalue weighted by molar-refractivity contribution is -0.129. The number of carbonyl (C=O) groups is 2. The number of anilines is 1. The van der Waals surface area contributed by atoms with E-state index in [9.17, 15) is 9.59 Å². The number of ether oxygens (including phenoxy) is 2. The van der Waals surface area contributed by atoms with Crippen LogP contribution < -0.4 is 14.8 Å². The molecule has 2 aromatic rings. The van der Waals surface area contributed by atoms with E-state index in [2.05, 4.69) is 5.32 Å². The van der Waals surface area contributed by atoms with Crippen LogP contribution in [0.3, 0.4) is 0 Å². The number of hydrogen-bond acceptors (Lipinski definition) is 4. The molecular weight excluding hydrogens is 392 g/mol. The number of nitrogens with one attached hydrogen (secondary N) is 1. The zero-order valence-electron chi connectivity index (χ0n) is 19.2. The van der Waals surface area contributed by atoms with Gasteiger partial charge in [-0.2, -0.15) is 0 Å². The summed E-state index contributed by atoms with van der Waals surface area (Å²) in [5.74, 6) is 0.803. The van der Waals surface area contributed by atoms with Crippen LogP contribution in [0, 0.1) is 20.8 Å². The number of nitrogens with zero attached hydrogens (tertiary/aromatic N) is 1. The van der Waals surface area contributed by atoms with E-state index in [1.165, 1.54) is 11.0 Å². The first-order valence-corrected chi connectivity index (χ1v) is 10.5. The van der Waals surface area contributed by atoms with Crippen LogP contribution in [-0.2, 0) is 9.59 Å². The highest BCUT2D eigenvalue weighted by Crippen LogP contribution is 2.29. The largest absolute Gasteiger partial charge is 0.490 e. The molecule has 0 aliphatic carbocycles. The van der Waals surface area contributed by atoms with Crippen LogP contribution in [0.15, 0.2) is 36.4 Å². The summed E-state index contributed by atoms with van der Waals surface area (Å²) in [7, 11) is 1.60. The van der Waals surface area contributed by atoms with Crippen molar-refractivity contribution >= 4 is 23.6 Å². The van der Waals surface area contributed by atoms with Crippen LogP contribution in [-0.4, -0.2) is 43.5 Å². The summed E-state index contributed by atoms with van der Waals surface area (Å²) < 4.78 is 11.2. The average molecular weight is 425 g/mol. The fourth-order valence-electron chi connectivity index (χ4n) is 3.32. The molecule has 0 atom stereocenters. The molecule has 2 aromatic carbocycles. The SMILES string of the molecule is CCOc1ccc(/C=C/C(=O)N(C)CC(=O)Nc2c(C)cc(C)cc2C)cc1OCC. The second-order valence-electron chi connectivity index (χ2n) is 7.42. The Kier molecular flexibility index (Phi) is 8.67. The highest BCUT2D eigenvalue weighted by molar-refractivity contribution is 5.98. The van der Waals surface area contributed by atoms with Crippen molar-refractivity contribution in [1.29, 1.82) is 0 Å². The first kappa shape index (κ1) is 24.0. The van der Waals surface area contributed by atoms with Gasteiger partial charge in [-0.1, -0.05) is 23.8 Å². The Labute approximate surface area is 184 Å². The molecule has 166 valence electrons. The summed E-state index contributed by atoms with van der Waals surface area (Å²) in [4.78, 5) is 26.3. The molecule has 0 bridgehead atoms. The van der Waals surface area contributed by atoms with Gasteiger partial charge in [0.25, 0.3) is 0 Å². The number of hydrogen-bond donors (Lipinski definition) is 1. The maximum atomic E-state index is 12.5. The molecule has 0 aliphatic rings. The molecule has 0 radical (unpaired) electrons. The van der Waals surface area contributed by atoms with Crippen LogP contribution in [0.4, 0.5) is 5.69 Å². The molecule has 0 fully saturated rings. The van der Waals surface area contributed by atoms with Gasteiger partial charge in [-0.05, 0) is 69.5 Å². The number of likely N-dealkylation sites (N-methyl/N-ethyl adjacent to an activating group) is 1. The molecule has 0 heterocycles. The lowest BCUT2D eigenvalue weighted by atomic mass is 10.1. The van der Waals surface area contributed by atoms with Gasteiger partial charge in [0.2, 0.25) is 11.8 Å². The first-order chi connectivity index (χ1) is 14.7. The van der Waals surface area contributed by atoms with Crippen molar-refractivity contribution in [3.63, 3.8) is 0 Å². The molecule has 6 nitrogen and oxygen atoms in total. The van der Waals surface area contributed by atoms with Gasteiger partial charge >= 0.3 is 0 Å². The van der Waals surface area contributed by atoms with Crippen molar-refractivity contribution in [2.75, 3.05) is 32.1 Å². The smallest absolute Gasteiger partial charge is 0.246 e. The Morgan fingerprint density at radius 3 is 2.19 bits per heavy atom. The summed E-state index contributed by atoms with van der Waals surface area (Å²) >= 11 is 0. The molecule has 0 saturated carbocycles. The Morgan fingerprint density at radius 2 is 1.58 bits per heavy atom.